The predicted molar refractivity (Wildman–Crippen MR) is 128 cm³/mol. The van der Waals surface area contributed by atoms with E-state index in [-0.39, 0.29) is 10.2 Å². The van der Waals surface area contributed by atoms with Crippen LogP contribution in [0, 0.1) is 6.92 Å². The topological polar surface area (TPSA) is 38.3 Å². The van der Waals surface area contributed by atoms with E-state index in [9.17, 15) is 4.79 Å². The fourth-order valence-corrected chi connectivity index (χ4v) is 21.6. The van der Waals surface area contributed by atoms with Crippen molar-refractivity contribution in [2.24, 2.45) is 0 Å². The van der Waals surface area contributed by atoms with Crippen LogP contribution in [0.3, 0.4) is 0 Å². The van der Waals surface area contributed by atoms with E-state index < -0.39 is 24.0 Å². The molecule has 0 saturated heterocycles. The summed E-state index contributed by atoms with van der Waals surface area (Å²) in [5.41, 5.74) is 2.08. The Hall–Kier alpha value is -0.711. The van der Waals surface area contributed by atoms with Gasteiger partial charge in [-0.2, -0.15) is 0 Å². The van der Waals surface area contributed by atoms with Gasteiger partial charge in [-0.1, -0.05) is 0 Å². The molecule has 1 unspecified atom stereocenters. The SMILES string of the molecule is CCC[CH2][Sn]([CH2]CCC)([CH2]CCC)[CH](NC(=O)OC(C)(C)C)c1ccc(C)cc1. The summed E-state index contributed by atoms with van der Waals surface area (Å²) in [4.78, 5) is 12.9. The van der Waals surface area contributed by atoms with Crippen molar-refractivity contribution in [2.75, 3.05) is 0 Å². The maximum absolute atomic E-state index is 12.9. The summed E-state index contributed by atoms with van der Waals surface area (Å²) in [5.74, 6) is 0. The molecule has 1 rings (SSSR count). The van der Waals surface area contributed by atoms with Gasteiger partial charge in [0.1, 0.15) is 0 Å². The second-order valence-electron chi connectivity index (χ2n) is 9.66. The van der Waals surface area contributed by atoms with E-state index in [1.165, 1.54) is 63.0 Å². The van der Waals surface area contributed by atoms with Crippen molar-refractivity contribution < 1.29 is 9.53 Å². The van der Waals surface area contributed by atoms with E-state index in [0.29, 0.717) is 0 Å². The molecular weight excluding hydrogens is 465 g/mol. The number of unbranched alkanes of at least 4 members (excludes halogenated alkanes) is 3. The monoisotopic (exact) mass is 511 g/mol. The molecule has 0 aliphatic rings. The van der Waals surface area contributed by atoms with Gasteiger partial charge in [0.05, 0.1) is 0 Å². The number of ether oxygens (including phenoxy) is 1. The van der Waals surface area contributed by atoms with Crippen LogP contribution in [-0.4, -0.2) is 30.1 Å². The molecule has 0 fully saturated rings. The Kier molecular flexibility index (Phi) is 11.7. The Morgan fingerprint density at radius 2 is 1.38 bits per heavy atom. The molecular formula is C25H45NO2Sn. The first-order valence-corrected chi connectivity index (χ1v) is 19.4. The zero-order valence-electron chi connectivity index (χ0n) is 20.1. The van der Waals surface area contributed by atoms with Gasteiger partial charge >= 0.3 is 185 Å². The van der Waals surface area contributed by atoms with Crippen LogP contribution in [0.25, 0.3) is 0 Å². The summed E-state index contributed by atoms with van der Waals surface area (Å²) in [6.07, 6.45) is 7.26. The predicted octanol–water partition coefficient (Wildman–Crippen LogP) is 7.95. The van der Waals surface area contributed by atoms with Gasteiger partial charge in [0.25, 0.3) is 0 Å². The average Bonchev–Trinajstić information content (AvgIpc) is 2.65. The molecule has 0 saturated carbocycles. The molecule has 1 aromatic carbocycles. The standard InChI is InChI=1S/C13H18NO2.3C4H9.Sn/c1-10-5-7-11(8-6-10)9-14-12(15)16-13(2,3)4;3*1-3-4-2;/h5-9H,1-4H3,(H,14,15);3*1,3-4H2,2H3;. The molecule has 0 heterocycles. The summed E-state index contributed by atoms with van der Waals surface area (Å²) in [6, 6.07) is 8.87. The van der Waals surface area contributed by atoms with Gasteiger partial charge in [-0.15, -0.1) is 0 Å². The third-order valence-electron chi connectivity index (χ3n) is 5.77. The van der Waals surface area contributed by atoms with Crippen LogP contribution < -0.4 is 5.32 Å². The van der Waals surface area contributed by atoms with Gasteiger partial charge in [0.15, 0.2) is 0 Å². The van der Waals surface area contributed by atoms with Crippen LogP contribution in [-0.2, 0) is 4.74 Å². The molecule has 0 aromatic heterocycles. The van der Waals surface area contributed by atoms with Crippen LogP contribution in [0.4, 0.5) is 4.79 Å². The molecule has 4 heteroatoms. The molecule has 1 N–H and O–H groups in total. The first-order chi connectivity index (χ1) is 13.7. The molecule has 1 aromatic rings. The number of hydrogen-bond donors (Lipinski definition) is 1. The van der Waals surface area contributed by atoms with Gasteiger partial charge in [-0.3, -0.25) is 0 Å². The Labute approximate surface area is 184 Å². The van der Waals surface area contributed by atoms with Gasteiger partial charge in [0.2, 0.25) is 0 Å². The fraction of sp³-hybridized carbons (Fsp3) is 0.720. The molecule has 1 amide bonds. The Morgan fingerprint density at radius 1 is 0.931 bits per heavy atom. The van der Waals surface area contributed by atoms with Gasteiger partial charge < -0.3 is 0 Å². The van der Waals surface area contributed by atoms with Crippen LogP contribution in [0.2, 0.25) is 13.3 Å². The van der Waals surface area contributed by atoms with Crippen molar-refractivity contribution in [3.63, 3.8) is 0 Å². The number of benzene rings is 1. The van der Waals surface area contributed by atoms with Crippen molar-refractivity contribution in [1.29, 1.82) is 0 Å². The fourth-order valence-electron chi connectivity index (χ4n) is 4.17. The molecule has 0 bridgehead atoms. The minimum atomic E-state index is -2.75. The molecule has 0 spiro atoms. The molecule has 1 atom stereocenters. The summed E-state index contributed by atoms with van der Waals surface area (Å²) >= 11 is -2.75. The summed E-state index contributed by atoms with van der Waals surface area (Å²) in [6.45, 7) is 14.8. The van der Waals surface area contributed by atoms with Crippen molar-refractivity contribution in [3.8, 4) is 0 Å². The van der Waals surface area contributed by atoms with Gasteiger partial charge in [0, 0.05) is 0 Å². The molecule has 0 aliphatic carbocycles. The average molecular weight is 510 g/mol. The van der Waals surface area contributed by atoms with E-state index in [1.807, 2.05) is 20.8 Å². The third kappa shape index (κ3) is 9.31. The second kappa shape index (κ2) is 12.9. The van der Waals surface area contributed by atoms with Crippen LogP contribution in [0.15, 0.2) is 24.3 Å². The maximum atomic E-state index is 12.9. The molecule has 166 valence electrons. The van der Waals surface area contributed by atoms with E-state index in [2.05, 4.69) is 57.3 Å². The van der Waals surface area contributed by atoms with Gasteiger partial charge in [-0.05, 0) is 0 Å². The Balaban J connectivity index is 3.37. The summed E-state index contributed by atoms with van der Waals surface area (Å²) in [5, 5.41) is 3.41. The zero-order valence-corrected chi connectivity index (χ0v) is 22.9. The van der Waals surface area contributed by atoms with Crippen LogP contribution >= 0.6 is 0 Å². The van der Waals surface area contributed by atoms with Crippen molar-refractivity contribution in [2.45, 2.75) is 110 Å². The quantitative estimate of drug-likeness (QED) is 0.290. The Bertz CT molecular complexity index is 570. The van der Waals surface area contributed by atoms with Gasteiger partial charge in [-0.25, -0.2) is 0 Å². The molecule has 0 aliphatic heterocycles. The first kappa shape index (κ1) is 26.3. The van der Waals surface area contributed by atoms with Crippen LogP contribution in [0.1, 0.15) is 95.3 Å². The van der Waals surface area contributed by atoms with E-state index >= 15 is 0 Å². The van der Waals surface area contributed by atoms with Crippen molar-refractivity contribution >= 4 is 24.5 Å². The van der Waals surface area contributed by atoms with Crippen molar-refractivity contribution in [3.05, 3.63) is 35.4 Å². The van der Waals surface area contributed by atoms with Crippen molar-refractivity contribution in [1.82, 2.24) is 5.32 Å². The molecule has 29 heavy (non-hydrogen) atoms. The number of hydrogen-bond acceptors (Lipinski definition) is 2. The van der Waals surface area contributed by atoms with Crippen LogP contribution in [0.5, 0.6) is 0 Å². The number of rotatable bonds is 12. The third-order valence-corrected chi connectivity index (χ3v) is 22.2. The molecule has 3 nitrogen and oxygen atoms in total. The van der Waals surface area contributed by atoms with E-state index in [4.69, 9.17) is 4.74 Å². The normalized spacial score (nSPS) is 13.2. The summed E-state index contributed by atoms with van der Waals surface area (Å²) in [7, 11) is 0. The number of amides is 1. The summed E-state index contributed by atoms with van der Waals surface area (Å²) < 4.78 is 9.93. The number of nitrogens with one attached hydrogen (secondary N) is 1. The number of carbonyl (C=O) groups is 1. The number of alkyl carbamates (subject to hydrolysis) is 1. The Morgan fingerprint density at radius 3 is 1.76 bits per heavy atom. The minimum absolute atomic E-state index is 0.185. The molecule has 0 radical (unpaired) electrons. The van der Waals surface area contributed by atoms with E-state index in [0.717, 1.165) is 0 Å². The zero-order chi connectivity index (χ0) is 21.9. The number of carbonyl (C=O) groups excluding carboxylic acids is 1. The second-order valence-corrected chi connectivity index (χ2v) is 23.4. The van der Waals surface area contributed by atoms with E-state index in [1.54, 1.807) is 0 Å². The first-order valence-electron chi connectivity index (χ1n) is 11.7. The number of aryl methyl sites for hydroxylation is 1.